The first kappa shape index (κ1) is 13.5. The van der Waals surface area contributed by atoms with E-state index >= 15 is 0 Å². The van der Waals surface area contributed by atoms with E-state index in [0.717, 1.165) is 25.7 Å². The molecule has 0 saturated carbocycles. The quantitative estimate of drug-likeness (QED) is 0.712. The highest BCUT2D eigenvalue weighted by Crippen LogP contribution is 2.29. The molecule has 0 amide bonds. The standard InChI is InChI=1S/C14H9BrClNS/c15-13-7-12(6-5-10(13)8-17)18-9-11-3-1-2-4-14(11)16/h1-7H,9H2. The van der Waals surface area contributed by atoms with Crippen LogP contribution in [-0.2, 0) is 5.75 Å². The number of hydrogen-bond donors (Lipinski definition) is 0. The van der Waals surface area contributed by atoms with Crippen LogP contribution in [0.3, 0.4) is 0 Å². The van der Waals surface area contributed by atoms with Gasteiger partial charge in [-0.3, -0.25) is 0 Å². The van der Waals surface area contributed by atoms with Crippen molar-refractivity contribution < 1.29 is 0 Å². The Morgan fingerprint density at radius 2 is 2.00 bits per heavy atom. The molecule has 0 aromatic heterocycles. The van der Waals surface area contributed by atoms with Gasteiger partial charge in [0.1, 0.15) is 6.07 Å². The molecule has 0 aliphatic carbocycles. The fourth-order valence-corrected chi connectivity index (χ4v) is 3.29. The molecule has 0 aliphatic heterocycles. The number of hydrogen-bond acceptors (Lipinski definition) is 2. The molecule has 0 fully saturated rings. The lowest BCUT2D eigenvalue weighted by Gasteiger charge is -2.05. The molecule has 1 nitrogen and oxygen atoms in total. The van der Waals surface area contributed by atoms with Crippen LogP contribution in [-0.4, -0.2) is 0 Å². The summed E-state index contributed by atoms with van der Waals surface area (Å²) >= 11 is 11.2. The third-order valence-electron chi connectivity index (χ3n) is 2.41. The number of nitriles is 1. The zero-order chi connectivity index (χ0) is 13.0. The van der Waals surface area contributed by atoms with Crippen molar-refractivity contribution >= 4 is 39.3 Å². The van der Waals surface area contributed by atoms with Crippen LogP contribution in [0.1, 0.15) is 11.1 Å². The fourth-order valence-electron chi connectivity index (χ4n) is 1.45. The fraction of sp³-hybridized carbons (Fsp3) is 0.0714. The van der Waals surface area contributed by atoms with Crippen LogP contribution in [0.5, 0.6) is 0 Å². The predicted molar refractivity (Wildman–Crippen MR) is 79.9 cm³/mol. The van der Waals surface area contributed by atoms with Gasteiger partial charge in [0.05, 0.1) is 5.56 Å². The molecular weight excluding hydrogens is 330 g/mol. The second-order valence-electron chi connectivity index (χ2n) is 3.63. The average Bonchev–Trinajstić information content (AvgIpc) is 2.38. The molecule has 0 unspecified atom stereocenters. The van der Waals surface area contributed by atoms with E-state index in [1.54, 1.807) is 11.8 Å². The Kier molecular flexibility index (Phi) is 4.71. The summed E-state index contributed by atoms with van der Waals surface area (Å²) in [5, 5.41) is 9.64. The lowest BCUT2D eigenvalue weighted by atomic mass is 10.2. The van der Waals surface area contributed by atoms with Gasteiger partial charge in [0.15, 0.2) is 0 Å². The van der Waals surface area contributed by atoms with E-state index in [9.17, 15) is 0 Å². The summed E-state index contributed by atoms with van der Waals surface area (Å²) in [6.45, 7) is 0. The van der Waals surface area contributed by atoms with Crippen LogP contribution in [0.2, 0.25) is 5.02 Å². The molecule has 0 aliphatic rings. The maximum absolute atomic E-state index is 8.85. The van der Waals surface area contributed by atoms with Gasteiger partial charge >= 0.3 is 0 Å². The summed E-state index contributed by atoms with van der Waals surface area (Å²) in [5.41, 5.74) is 1.77. The first-order valence-corrected chi connectivity index (χ1v) is 7.42. The van der Waals surface area contributed by atoms with Crippen LogP contribution in [0.4, 0.5) is 0 Å². The van der Waals surface area contributed by atoms with Crippen LogP contribution < -0.4 is 0 Å². The van der Waals surface area contributed by atoms with Crippen molar-refractivity contribution in [1.29, 1.82) is 5.26 Å². The summed E-state index contributed by atoms with van der Waals surface area (Å²) in [4.78, 5) is 1.11. The highest BCUT2D eigenvalue weighted by atomic mass is 79.9. The van der Waals surface area contributed by atoms with Crippen LogP contribution in [0, 0.1) is 11.3 Å². The summed E-state index contributed by atoms with van der Waals surface area (Å²) in [6.07, 6.45) is 0. The number of thioether (sulfide) groups is 1. The molecule has 0 heterocycles. The second-order valence-corrected chi connectivity index (χ2v) is 5.94. The molecule has 0 radical (unpaired) electrons. The van der Waals surface area contributed by atoms with Gasteiger partial charge in [0.25, 0.3) is 0 Å². The molecule has 0 atom stereocenters. The SMILES string of the molecule is N#Cc1ccc(SCc2ccccc2Cl)cc1Br. The van der Waals surface area contributed by atoms with Crippen molar-refractivity contribution in [3.05, 3.63) is 63.1 Å². The summed E-state index contributed by atoms with van der Waals surface area (Å²) in [5.74, 6) is 0.817. The van der Waals surface area contributed by atoms with E-state index in [1.165, 1.54) is 0 Å². The zero-order valence-electron chi connectivity index (χ0n) is 9.36. The summed E-state index contributed by atoms with van der Waals surface area (Å²) < 4.78 is 0.828. The Morgan fingerprint density at radius 1 is 1.22 bits per heavy atom. The van der Waals surface area contributed by atoms with Crippen molar-refractivity contribution in [3.63, 3.8) is 0 Å². The number of benzene rings is 2. The smallest absolute Gasteiger partial charge is 0.100 e. The predicted octanol–water partition coefficient (Wildman–Crippen LogP) is 5.27. The zero-order valence-corrected chi connectivity index (χ0v) is 12.5. The van der Waals surface area contributed by atoms with E-state index in [0.29, 0.717) is 5.56 Å². The van der Waals surface area contributed by atoms with Crippen molar-refractivity contribution in [2.24, 2.45) is 0 Å². The van der Waals surface area contributed by atoms with Crippen molar-refractivity contribution in [3.8, 4) is 6.07 Å². The molecule has 0 saturated heterocycles. The van der Waals surface area contributed by atoms with E-state index in [4.69, 9.17) is 16.9 Å². The minimum absolute atomic E-state index is 0.650. The van der Waals surface area contributed by atoms with Gasteiger partial charge in [-0.1, -0.05) is 29.8 Å². The molecule has 90 valence electrons. The van der Waals surface area contributed by atoms with Crippen LogP contribution in [0.15, 0.2) is 51.8 Å². The number of rotatable bonds is 3. The third kappa shape index (κ3) is 3.29. The molecule has 2 aromatic carbocycles. The minimum atomic E-state index is 0.650. The van der Waals surface area contributed by atoms with Gasteiger partial charge in [-0.05, 0) is 45.8 Å². The van der Waals surface area contributed by atoms with Crippen LogP contribution >= 0.6 is 39.3 Å². The highest BCUT2D eigenvalue weighted by molar-refractivity contribution is 9.10. The molecule has 2 rings (SSSR count). The molecule has 2 aromatic rings. The van der Waals surface area contributed by atoms with Gasteiger partial charge in [-0.25, -0.2) is 0 Å². The Bertz CT molecular complexity index is 607. The average molecular weight is 339 g/mol. The highest BCUT2D eigenvalue weighted by Gasteiger charge is 2.03. The Hall–Kier alpha value is -0.950. The lowest BCUT2D eigenvalue weighted by Crippen LogP contribution is -1.83. The lowest BCUT2D eigenvalue weighted by molar-refractivity contribution is 1.35. The summed E-state index contributed by atoms with van der Waals surface area (Å²) in [6, 6.07) is 15.7. The molecule has 18 heavy (non-hydrogen) atoms. The Balaban J connectivity index is 2.10. The van der Waals surface area contributed by atoms with Gasteiger partial charge in [0.2, 0.25) is 0 Å². The monoisotopic (exact) mass is 337 g/mol. The number of halogens is 2. The topological polar surface area (TPSA) is 23.8 Å². The third-order valence-corrected chi connectivity index (χ3v) is 4.48. The molecular formula is C14H9BrClNS. The molecule has 0 spiro atoms. The largest absolute Gasteiger partial charge is 0.192 e. The maximum atomic E-state index is 8.85. The Labute approximate surface area is 124 Å². The van der Waals surface area contributed by atoms with Gasteiger partial charge in [0, 0.05) is 20.1 Å². The second kappa shape index (κ2) is 6.29. The van der Waals surface area contributed by atoms with Gasteiger partial charge < -0.3 is 0 Å². The first-order valence-electron chi connectivity index (χ1n) is 5.26. The van der Waals surface area contributed by atoms with E-state index in [1.807, 2.05) is 42.5 Å². The molecule has 0 bridgehead atoms. The maximum Gasteiger partial charge on any atom is 0.100 e. The van der Waals surface area contributed by atoms with E-state index in [-0.39, 0.29) is 0 Å². The minimum Gasteiger partial charge on any atom is -0.192 e. The molecule has 4 heteroatoms. The summed E-state index contributed by atoms with van der Waals surface area (Å²) in [7, 11) is 0. The van der Waals surface area contributed by atoms with E-state index in [2.05, 4.69) is 22.0 Å². The first-order chi connectivity index (χ1) is 8.70. The van der Waals surface area contributed by atoms with Crippen molar-refractivity contribution in [1.82, 2.24) is 0 Å². The van der Waals surface area contributed by atoms with Crippen molar-refractivity contribution in [2.75, 3.05) is 0 Å². The van der Waals surface area contributed by atoms with Crippen molar-refractivity contribution in [2.45, 2.75) is 10.6 Å². The number of nitrogens with zero attached hydrogens (tertiary/aromatic N) is 1. The van der Waals surface area contributed by atoms with Gasteiger partial charge in [-0.15, -0.1) is 11.8 Å². The van der Waals surface area contributed by atoms with E-state index < -0.39 is 0 Å². The normalized spacial score (nSPS) is 10.1. The van der Waals surface area contributed by atoms with Crippen LogP contribution in [0.25, 0.3) is 0 Å². The Morgan fingerprint density at radius 3 is 2.67 bits per heavy atom. The van der Waals surface area contributed by atoms with Gasteiger partial charge in [-0.2, -0.15) is 5.26 Å². The molecule has 0 N–H and O–H groups in total.